The molecule has 0 spiro atoms. The summed E-state index contributed by atoms with van der Waals surface area (Å²) >= 11 is 13.2. The molecule has 2 unspecified atom stereocenters. The van der Waals surface area contributed by atoms with Crippen LogP contribution in [-0.4, -0.2) is 106 Å². The number of carbonyl (C=O) groups excluding carboxylic acids is 6. The summed E-state index contributed by atoms with van der Waals surface area (Å²) in [5, 5.41) is 5.02. The van der Waals surface area contributed by atoms with E-state index in [1.54, 1.807) is 22.9 Å². The van der Waals surface area contributed by atoms with Gasteiger partial charge in [-0.2, -0.15) is 123 Å². The van der Waals surface area contributed by atoms with Crippen LogP contribution < -0.4 is 30.7 Å². The Morgan fingerprint density at radius 3 is 1.09 bits per heavy atom. The minimum Gasteiger partial charge on any atom is -0.320 e. The molecule has 6 aromatic carbocycles. The van der Waals surface area contributed by atoms with Gasteiger partial charge in [-0.25, -0.2) is 31.3 Å². The molecule has 0 bridgehead atoms. The molecule has 12 rings (SSSR count). The number of benzene rings is 6. The Morgan fingerprint density at radius 2 is 0.757 bits per heavy atom. The van der Waals surface area contributed by atoms with Crippen LogP contribution >= 0.6 is 59.4 Å². The Bertz CT molecular complexity index is 5770. The van der Waals surface area contributed by atoms with Gasteiger partial charge in [-0.05, 0) is 221 Å². The molecular formula is C83H53Br3ClF34N9O6. The van der Waals surface area contributed by atoms with Gasteiger partial charge in [-0.1, -0.05) is 29.8 Å². The first kappa shape index (κ1) is 107. The molecular weight excluding hydrogens is 2140 g/mol. The van der Waals surface area contributed by atoms with Crippen molar-refractivity contribution in [3.63, 3.8) is 0 Å². The summed E-state index contributed by atoms with van der Waals surface area (Å²) in [4.78, 5) is 92.9. The number of hydrogen-bond donors (Lipinski definition) is 3. The fourth-order valence-corrected chi connectivity index (χ4v) is 15.5. The van der Waals surface area contributed by atoms with Crippen LogP contribution in [0, 0.1) is 47.0 Å². The molecule has 9 aromatic rings. The van der Waals surface area contributed by atoms with Crippen molar-refractivity contribution in [3.05, 3.63) is 261 Å². The van der Waals surface area contributed by atoms with Gasteiger partial charge in [-0.15, -0.1) is 0 Å². The van der Waals surface area contributed by atoms with E-state index in [9.17, 15) is 165 Å². The number of aromatic nitrogens is 3. The smallest absolute Gasteiger partial charge is 0.320 e. The Kier molecular flexibility index (Phi) is 31.0. The van der Waals surface area contributed by atoms with E-state index in [0.29, 0.717) is 38.5 Å². The molecule has 0 radical (unpaired) electrons. The fourth-order valence-electron chi connectivity index (χ4n) is 13.7. The number of anilines is 6. The van der Waals surface area contributed by atoms with Crippen molar-refractivity contribution in [1.82, 2.24) is 15.0 Å². The lowest BCUT2D eigenvalue weighted by molar-refractivity contribution is -0.349. The van der Waals surface area contributed by atoms with Crippen molar-refractivity contribution in [2.24, 2.45) is 17.8 Å². The summed E-state index contributed by atoms with van der Waals surface area (Å²) in [5.41, 5.74) is -34.9. The number of rotatable bonds is 21. The third-order valence-corrected chi connectivity index (χ3v) is 23.0. The number of nitrogens with zero attached hydrogens (tertiary/aromatic N) is 6. The third-order valence-electron chi connectivity index (χ3n) is 20.9. The zero-order valence-electron chi connectivity index (χ0n) is 67.3. The molecule has 53 heteroatoms. The topological polar surface area (TPSA) is 187 Å². The maximum Gasteiger partial charge on any atom is 0.435 e. The van der Waals surface area contributed by atoms with E-state index >= 15 is 13.2 Å². The van der Waals surface area contributed by atoms with Crippen LogP contribution in [0.1, 0.15) is 154 Å². The lowest BCUT2D eigenvalue weighted by Gasteiger charge is -2.31. The second kappa shape index (κ2) is 39.4. The van der Waals surface area contributed by atoms with Crippen LogP contribution in [0.25, 0.3) is 0 Å². The Morgan fingerprint density at radius 1 is 0.404 bits per heavy atom. The summed E-state index contributed by atoms with van der Waals surface area (Å²) in [6, 6.07) is 9.33. The third kappa shape index (κ3) is 23.3. The monoisotopic (exact) mass is 2190 g/mol. The molecule has 3 heterocycles. The van der Waals surface area contributed by atoms with E-state index in [0.717, 1.165) is 112 Å². The van der Waals surface area contributed by atoms with Gasteiger partial charge in [0.15, 0.2) is 23.4 Å². The number of nitrogens with one attached hydrogen (secondary N) is 3. The minimum absolute atomic E-state index is 0.0387. The minimum atomic E-state index is -6.75. The van der Waals surface area contributed by atoms with E-state index in [1.807, 2.05) is 0 Å². The summed E-state index contributed by atoms with van der Waals surface area (Å²) in [5.74, 6) is -18.0. The average Bonchev–Trinajstić information content (AvgIpc) is 1.38. The SMILES string of the molecule is CC(C1CC1)N(C(=O)c1cncc(Cl)c1)c1cccc(C(=O)Nc2c(Br)cc(C(F)(C(F)(F)F)C(F)(F)F)cc2C(F)(F)F)c1F.CC(C1CC1)N(C(=O)c1cncc(F)c1)c1cccc(C(=O)Nc2c(Br)cc(C(F)(C(F)(F)F)C(F)(F)F)cc2C(F)(F)F)c1F.O=C(Nc1c(Br)cc(C(C(F)(F)F)C(F)(F)F)cc1C(F)(F)F)c1cccc(N(CC2CC2)C(=O)c2ccc(F)nc2)c1F. The van der Waals surface area contributed by atoms with E-state index in [4.69, 9.17) is 11.6 Å². The molecule has 3 aliphatic carbocycles. The zero-order valence-corrected chi connectivity index (χ0v) is 72.8. The Hall–Kier alpha value is -11.1. The maximum absolute atomic E-state index is 16.0. The number of hydrogen-bond acceptors (Lipinski definition) is 9. The van der Waals surface area contributed by atoms with Crippen LogP contribution in [0.3, 0.4) is 0 Å². The van der Waals surface area contributed by atoms with E-state index in [1.165, 1.54) is 19.2 Å². The van der Waals surface area contributed by atoms with Crippen LogP contribution in [0.2, 0.25) is 5.02 Å². The molecule has 15 nitrogen and oxygen atoms in total. The molecule has 0 aliphatic heterocycles. The highest BCUT2D eigenvalue weighted by atomic mass is 79.9. The predicted octanol–water partition coefficient (Wildman–Crippen LogP) is 27.4. The van der Waals surface area contributed by atoms with Crippen LogP contribution in [-0.2, 0) is 29.9 Å². The predicted molar refractivity (Wildman–Crippen MR) is 425 cm³/mol. The molecule has 136 heavy (non-hydrogen) atoms. The van der Waals surface area contributed by atoms with Crippen molar-refractivity contribution in [2.45, 2.75) is 137 Å². The van der Waals surface area contributed by atoms with Crippen molar-refractivity contribution in [1.29, 1.82) is 0 Å². The molecule has 3 N–H and O–H groups in total. The standard InChI is InChI=1S/C28H18BrClF11N3O2.C28H18BrF12N3O2.C27H17BrF11N3O2/c2*1-12(13-5-6-13)44(24(46)14-7-16(30)11-42-10-14)20-4-2-3-17(21(20)31)23(45)43-22-18(26(33,34)35)8-15(9-19(22)29)25(32,27(36,37)38)28(39,40)41;28-17-9-14(22(26(34,35)36)27(37,38)39)8-16(25(31,32)33)21(17)41-23(43)15-2-1-3-18(20(15)30)42(11-12-4-5-12)24(44)13-6-7-19(29)40-10-13/h2*2-4,7-13H,5-6H2,1H3,(H,43,45);1-3,6-10,12,22H,4-5,11H2,(H,41,43). The highest BCUT2D eigenvalue weighted by Gasteiger charge is 2.75. The highest BCUT2D eigenvalue weighted by Crippen LogP contribution is 2.59. The molecule has 3 aromatic heterocycles. The second-order valence-electron chi connectivity index (χ2n) is 30.3. The van der Waals surface area contributed by atoms with Crippen LogP contribution in [0.4, 0.5) is 183 Å². The van der Waals surface area contributed by atoms with Gasteiger partial charge < -0.3 is 30.7 Å². The molecule has 3 saturated carbocycles. The van der Waals surface area contributed by atoms with Crippen molar-refractivity contribution < 1.29 is 178 Å². The van der Waals surface area contributed by atoms with E-state index < -0.39 is 265 Å². The Balaban J connectivity index is 0.000000211. The van der Waals surface area contributed by atoms with Gasteiger partial charge in [0.25, 0.3) is 35.4 Å². The first-order valence-electron chi connectivity index (χ1n) is 38.1. The number of halogens is 38. The first-order valence-corrected chi connectivity index (χ1v) is 40.9. The van der Waals surface area contributed by atoms with Crippen LogP contribution in [0.15, 0.2) is 160 Å². The van der Waals surface area contributed by atoms with Crippen molar-refractivity contribution in [2.75, 3.05) is 37.2 Å². The molecule has 3 fully saturated rings. The lowest BCUT2D eigenvalue weighted by Crippen LogP contribution is -2.50. The highest BCUT2D eigenvalue weighted by molar-refractivity contribution is 9.11. The molecule has 732 valence electrons. The van der Waals surface area contributed by atoms with Gasteiger partial charge >= 0.3 is 66.9 Å². The fraction of sp³-hybridized carbons (Fsp3) is 0.313. The zero-order chi connectivity index (χ0) is 102. The van der Waals surface area contributed by atoms with Crippen molar-refractivity contribution >= 4 is 129 Å². The van der Waals surface area contributed by atoms with Gasteiger partial charge in [0.05, 0.1) is 95.4 Å². The maximum atomic E-state index is 16.0. The van der Waals surface area contributed by atoms with Gasteiger partial charge in [0, 0.05) is 68.0 Å². The normalized spacial score (nSPS) is 14.7. The summed E-state index contributed by atoms with van der Waals surface area (Å²) in [7, 11) is 0. The summed E-state index contributed by atoms with van der Waals surface area (Å²) < 4.78 is 464. The summed E-state index contributed by atoms with van der Waals surface area (Å²) in [6.45, 7) is 3.10. The molecule has 6 amide bonds. The number of amides is 6. The lowest BCUT2D eigenvalue weighted by atomic mass is 9.92. The molecule has 0 saturated heterocycles. The number of pyridine rings is 3. The van der Waals surface area contributed by atoms with Crippen molar-refractivity contribution in [3.8, 4) is 0 Å². The van der Waals surface area contributed by atoms with Crippen LogP contribution in [0.5, 0.6) is 0 Å². The first-order chi connectivity index (χ1) is 62.5. The number of alkyl halides is 29. The number of carbonyl (C=O) groups is 6. The van der Waals surface area contributed by atoms with E-state index in [2.05, 4.69) is 62.7 Å². The molecule has 3 aliphatic rings. The largest absolute Gasteiger partial charge is 0.435 e. The molecule has 2 atom stereocenters. The second-order valence-corrected chi connectivity index (χ2v) is 33.3. The van der Waals surface area contributed by atoms with Gasteiger partial charge in [-0.3, -0.25) is 38.7 Å². The average molecular weight is 2190 g/mol. The van der Waals surface area contributed by atoms with E-state index in [-0.39, 0.29) is 64.2 Å². The summed E-state index contributed by atoms with van der Waals surface area (Å²) in [6.07, 6.45) is -47.0. The van der Waals surface area contributed by atoms with Gasteiger partial charge in [0.1, 0.15) is 5.82 Å². The Labute approximate surface area is 771 Å². The quantitative estimate of drug-likeness (QED) is 0.0465. The van der Waals surface area contributed by atoms with Gasteiger partial charge in [0.2, 0.25) is 5.95 Å².